The lowest BCUT2D eigenvalue weighted by Gasteiger charge is -2.30. The predicted molar refractivity (Wildman–Crippen MR) is 132 cm³/mol. The summed E-state index contributed by atoms with van der Waals surface area (Å²) in [5.74, 6) is -3.09. The highest BCUT2D eigenvalue weighted by atomic mass is 32.1. The lowest BCUT2D eigenvalue weighted by atomic mass is 10.0. The molecular formula is C23H31N5O6S. The number of fused-ring (bicyclic) bond motifs is 1. The topological polar surface area (TPSA) is 178 Å². The first-order valence-corrected chi connectivity index (χ1v) is 12.0. The van der Waals surface area contributed by atoms with Crippen LogP contribution in [0.15, 0.2) is 30.5 Å². The molecule has 0 spiro atoms. The van der Waals surface area contributed by atoms with Gasteiger partial charge in [0, 0.05) is 35.8 Å². The first-order chi connectivity index (χ1) is 16.6. The summed E-state index contributed by atoms with van der Waals surface area (Å²) in [4.78, 5) is 54.9. The number of benzene rings is 1. The Bertz CT molecular complexity index is 1090. The van der Waals surface area contributed by atoms with Crippen LogP contribution in [-0.4, -0.2) is 86.4 Å². The molecule has 1 aromatic carbocycles. The number of H-pyrrole nitrogens is 1. The van der Waals surface area contributed by atoms with E-state index in [0.29, 0.717) is 12.8 Å². The molecule has 11 nitrogen and oxygen atoms in total. The number of aliphatic carboxylic acids is 1. The number of nitrogens with one attached hydrogen (secondary N) is 3. The number of aliphatic hydroxyl groups is 1. The van der Waals surface area contributed by atoms with Crippen LogP contribution in [0.3, 0.4) is 0 Å². The van der Waals surface area contributed by atoms with Crippen LogP contribution < -0.4 is 16.4 Å². The molecule has 1 aliphatic rings. The van der Waals surface area contributed by atoms with Gasteiger partial charge in [-0.3, -0.25) is 14.4 Å². The van der Waals surface area contributed by atoms with Gasteiger partial charge in [-0.25, -0.2) is 4.79 Å². The van der Waals surface area contributed by atoms with Crippen molar-refractivity contribution in [3.63, 3.8) is 0 Å². The molecule has 7 N–H and O–H groups in total. The fourth-order valence-electron chi connectivity index (χ4n) is 4.16. The van der Waals surface area contributed by atoms with Crippen molar-refractivity contribution < 1.29 is 29.4 Å². The second-order valence-corrected chi connectivity index (χ2v) is 9.03. The zero-order valence-corrected chi connectivity index (χ0v) is 20.2. The van der Waals surface area contributed by atoms with Gasteiger partial charge in [-0.05, 0) is 31.4 Å². The molecule has 2 heterocycles. The lowest BCUT2D eigenvalue weighted by Crippen LogP contribution is -2.58. The first-order valence-electron chi connectivity index (χ1n) is 11.4. The van der Waals surface area contributed by atoms with Gasteiger partial charge in [-0.2, -0.15) is 12.6 Å². The Morgan fingerprint density at radius 2 is 1.94 bits per heavy atom. The van der Waals surface area contributed by atoms with Crippen molar-refractivity contribution >= 4 is 47.2 Å². The maximum atomic E-state index is 13.6. The van der Waals surface area contributed by atoms with Gasteiger partial charge in [0.2, 0.25) is 17.7 Å². The Morgan fingerprint density at radius 1 is 1.23 bits per heavy atom. The highest BCUT2D eigenvalue weighted by Gasteiger charge is 2.39. The molecule has 1 saturated heterocycles. The fraction of sp³-hybridized carbons (Fsp3) is 0.478. The first kappa shape index (κ1) is 26.5. The van der Waals surface area contributed by atoms with Crippen molar-refractivity contribution in [3.8, 4) is 0 Å². The van der Waals surface area contributed by atoms with E-state index in [4.69, 9.17) is 5.73 Å². The Balaban J connectivity index is 1.85. The number of aromatic amines is 1. The van der Waals surface area contributed by atoms with E-state index < -0.39 is 54.0 Å². The molecule has 5 unspecified atom stereocenters. The van der Waals surface area contributed by atoms with Crippen LogP contribution in [0.5, 0.6) is 0 Å². The number of carbonyl (C=O) groups is 4. The molecule has 0 radical (unpaired) electrons. The maximum absolute atomic E-state index is 13.6. The molecule has 1 aliphatic heterocycles. The summed E-state index contributed by atoms with van der Waals surface area (Å²) in [5, 5.41) is 24.9. The van der Waals surface area contributed by atoms with E-state index in [0.717, 1.165) is 16.5 Å². The molecule has 35 heavy (non-hydrogen) atoms. The number of likely N-dealkylation sites (tertiary alicyclic amines) is 1. The summed E-state index contributed by atoms with van der Waals surface area (Å²) in [6, 6.07) is 3.15. The van der Waals surface area contributed by atoms with Gasteiger partial charge in [0.15, 0.2) is 0 Å². The average molecular weight is 506 g/mol. The normalized spacial score (nSPS) is 19.1. The van der Waals surface area contributed by atoms with E-state index in [1.54, 1.807) is 6.20 Å². The predicted octanol–water partition coefficient (Wildman–Crippen LogP) is -0.606. The van der Waals surface area contributed by atoms with Gasteiger partial charge in [-0.15, -0.1) is 0 Å². The molecule has 3 amide bonds. The van der Waals surface area contributed by atoms with Crippen molar-refractivity contribution in [1.29, 1.82) is 0 Å². The number of carbonyl (C=O) groups excluding carboxylic acids is 3. The van der Waals surface area contributed by atoms with Crippen LogP contribution in [-0.2, 0) is 25.6 Å². The molecular weight excluding hydrogens is 474 g/mol. The van der Waals surface area contributed by atoms with Gasteiger partial charge >= 0.3 is 5.97 Å². The summed E-state index contributed by atoms with van der Waals surface area (Å²) in [6.45, 7) is 1.65. The van der Waals surface area contributed by atoms with E-state index in [2.05, 4.69) is 28.2 Å². The van der Waals surface area contributed by atoms with Crippen molar-refractivity contribution in [2.24, 2.45) is 5.73 Å². The van der Waals surface area contributed by atoms with Crippen molar-refractivity contribution in [3.05, 3.63) is 36.0 Å². The molecule has 0 bridgehead atoms. The highest BCUT2D eigenvalue weighted by Crippen LogP contribution is 2.23. The van der Waals surface area contributed by atoms with Crippen LogP contribution in [0.4, 0.5) is 0 Å². The number of hydrogen-bond donors (Lipinski definition) is 7. The fourth-order valence-corrected chi connectivity index (χ4v) is 4.41. The Kier molecular flexibility index (Phi) is 8.76. The van der Waals surface area contributed by atoms with Gasteiger partial charge in [0.1, 0.15) is 24.2 Å². The van der Waals surface area contributed by atoms with Crippen LogP contribution in [0.25, 0.3) is 10.9 Å². The minimum absolute atomic E-state index is 0.0990. The van der Waals surface area contributed by atoms with E-state index >= 15 is 0 Å². The number of thiol groups is 1. The number of para-hydroxylation sites is 1. The Morgan fingerprint density at radius 3 is 2.60 bits per heavy atom. The number of aliphatic hydroxyl groups excluding tert-OH is 1. The summed E-state index contributed by atoms with van der Waals surface area (Å²) in [7, 11) is 0. The summed E-state index contributed by atoms with van der Waals surface area (Å²) in [6.07, 6.45) is 1.66. The Hall–Kier alpha value is -3.09. The molecule has 3 rings (SSSR count). The van der Waals surface area contributed by atoms with E-state index in [1.165, 1.54) is 11.8 Å². The van der Waals surface area contributed by atoms with Gasteiger partial charge in [-0.1, -0.05) is 18.2 Å². The van der Waals surface area contributed by atoms with Crippen LogP contribution in [0.2, 0.25) is 0 Å². The SMILES string of the molecule is CC(O)C(N)C(=O)NC(Cc1c[nH]c2ccccc12)C(=O)N1CCCC1C(=O)NC(CS)C(=O)O. The number of hydrogen-bond acceptors (Lipinski definition) is 7. The summed E-state index contributed by atoms with van der Waals surface area (Å²) in [5.41, 5.74) is 7.43. The quantitative estimate of drug-likeness (QED) is 0.211. The third-order valence-corrected chi connectivity index (χ3v) is 6.54. The molecule has 0 aliphatic carbocycles. The largest absolute Gasteiger partial charge is 0.480 e. The minimum Gasteiger partial charge on any atom is -0.480 e. The van der Waals surface area contributed by atoms with Crippen molar-refractivity contribution in [2.45, 2.75) is 56.5 Å². The van der Waals surface area contributed by atoms with Crippen LogP contribution >= 0.6 is 12.6 Å². The summed E-state index contributed by atoms with van der Waals surface area (Å²) < 4.78 is 0. The van der Waals surface area contributed by atoms with E-state index in [-0.39, 0.29) is 18.7 Å². The average Bonchev–Trinajstić information content (AvgIpc) is 3.48. The second kappa shape index (κ2) is 11.6. The Labute approximate surface area is 207 Å². The summed E-state index contributed by atoms with van der Waals surface area (Å²) >= 11 is 3.96. The number of aromatic nitrogens is 1. The van der Waals surface area contributed by atoms with E-state index in [1.807, 2.05) is 24.3 Å². The molecule has 5 atom stereocenters. The maximum Gasteiger partial charge on any atom is 0.327 e. The number of rotatable bonds is 10. The molecule has 1 fully saturated rings. The smallest absolute Gasteiger partial charge is 0.327 e. The van der Waals surface area contributed by atoms with Crippen LogP contribution in [0, 0.1) is 0 Å². The molecule has 12 heteroatoms. The number of nitrogens with zero attached hydrogens (tertiary/aromatic N) is 1. The molecule has 190 valence electrons. The molecule has 2 aromatic rings. The lowest BCUT2D eigenvalue weighted by molar-refractivity contribution is -0.144. The molecule has 0 saturated carbocycles. The number of amides is 3. The standard InChI is InChI=1S/C23H31N5O6S/c1-12(29)19(24)21(31)26-16(9-13-10-25-15-6-3-2-5-14(13)15)22(32)28-8-4-7-18(28)20(30)27-17(11-35)23(33)34/h2-3,5-6,10,12,16-19,25,29,35H,4,7-9,11,24H2,1H3,(H,26,31)(H,27,30)(H,33,34). The van der Waals surface area contributed by atoms with Crippen LogP contribution in [0.1, 0.15) is 25.3 Å². The van der Waals surface area contributed by atoms with Crippen molar-refractivity contribution in [2.75, 3.05) is 12.3 Å². The number of carboxylic acid groups (broad SMARTS) is 1. The monoisotopic (exact) mass is 505 g/mol. The molecule has 1 aromatic heterocycles. The highest BCUT2D eigenvalue weighted by molar-refractivity contribution is 7.80. The van der Waals surface area contributed by atoms with Gasteiger partial charge in [0.25, 0.3) is 0 Å². The third kappa shape index (κ3) is 6.13. The number of carboxylic acids is 1. The zero-order chi connectivity index (χ0) is 25.7. The third-order valence-electron chi connectivity index (χ3n) is 6.17. The second-order valence-electron chi connectivity index (χ2n) is 8.66. The van der Waals surface area contributed by atoms with Gasteiger partial charge < -0.3 is 36.5 Å². The van der Waals surface area contributed by atoms with E-state index in [9.17, 15) is 29.4 Å². The van der Waals surface area contributed by atoms with Gasteiger partial charge in [0.05, 0.1) is 6.10 Å². The zero-order valence-electron chi connectivity index (χ0n) is 19.3. The van der Waals surface area contributed by atoms with Crippen molar-refractivity contribution in [1.82, 2.24) is 20.5 Å². The number of nitrogens with two attached hydrogens (primary N) is 1. The minimum atomic E-state index is -1.24.